The third-order valence-electron chi connectivity index (χ3n) is 7.38. The fourth-order valence-corrected chi connectivity index (χ4v) is 4.66. The highest BCUT2D eigenvalue weighted by Gasteiger charge is 2.15. The Morgan fingerprint density at radius 1 is 0.846 bits per heavy atom. The van der Waals surface area contributed by atoms with E-state index in [1.807, 2.05) is 0 Å². The highest BCUT2D eigenvalue weighted by molar-refractivity contribution is 5.81. The number of ether oxygens (including phenoxy) is 1. The van der Waals surface area contributed by atoms with E-state index in [-0.39, 0.29) is 17.5 Å². The number of H-pyrrole nitrogens is 1. The highest BCUT2D eigenvalue weighted by atomic mass is 16.5. The maximum Gasteiger partial charge on any atom is 0.328 e. The summed E-state index contributed by atoms with van der Waals surface area (Å²) in [4.78, 5) is 31.7. The maximum absolute atomic E-state index is 12.8. The molecule has 0 fully saturated rings. The number of nitrogens with zero attached hydrogens (tertiary/aromatic N) is 6. The van der Waals surface area contributed by atoms with Gasteiger partial charge < -0.3 is 25.3 Å². The number of likely N-dealkylation sites (N-methyl/N-ethyl adjacent to an activating group) is 2. The number of anilines is 1. The largest absolute Gasteiger partial charge is 0.463 e. The average molecular weight is 541 g/mol. The van der Waals surface area contributed by atoms with Crippen LogP contribution in [0.5, 0.6) is 6.01 Å². The van der Waals surface area contributed by atoms with E-state index in [4.69, 9.17) is 10.5 Å². The van der Waals surface area contributed by atoms with Crippen LogP contribution >= 0.6 is 0 Å². The Labute approximate surface area is 233 Å². The number of aromatic nitrogens is 4. The van der Waals surface area contributed by atoms with Crippen LogP contribution in [0.15, 0.2) is 29.1 Å². The average Bonchev–Trinajstić information content (AvgIpc) is 3.26. The van der Waals surface area contributed by atoms with Crippen LogP contribution in [0.4, 0.5) is 5.82 Å². The van der Waals surface area contributed by atoms with Crippen LogP contribution in [0.25, 0.3) is 11.2 Å². The van der Waals surface area contributed by atoms with Gasteiger partial charge in [-0.2, -0.15) is 9.97 Å². The Bertz CT molecular complexity index is 1170. The zero-order valence-electron chi connectivity index (χ0n) is 24.6. The van der Waals surface area contributed by atoms with Crippen LogP contribution in [0.2, 0.25) is 0 Å². The molecule has 10 nitrogen and oxygen atoms in total. The van der Waals surface area contributed by atoms with Gasteiger partial charge in [0.15, 0.2) is 11.5 Å². The van der Waals surface area contributed by atoms with Crippen molar-refractivity contribution in [2.24, 2.45) is 0 Å². The lowest BCUT2D eigenvalue weighted by Gasteiger charge is -2.29. The summed E-state index contributed by atoms with van der Waals surface area (Å²) in [6.07, 6.45) is 1.90. The molecule has 39 heavy (non-hydrogen) atoms. The number of hydrogen-bond acceptors (Lipinski definition) is 8. The SMILES string of the molecule is CCCCOc1nc(N)c2[nH]c(=O)n(Cc3ccc(CN(CCN(CC)CC)CCN(CC)CC)cc3)c2n1. The molecule has 3 rings (SSSR count). The van der Waals surface area contributed by atoms with E-state index in [1.165, 1.54) is 5.56 Å². The monoisotopic (exact) mass is 540 g/mol. The predicted molar refractivity (Wildman–Crippen MR) is 159 cm³/mol. The molecule has 10 heteroatoms. The summed E-state index contributed by atoms with van der Waals surface area (Å²) in [7, 11) is 0. The molecule has 0 bridgehead atoms. The molecule has 2 heterocycles. The van der Waals surface area contributed by atoms with Crippen molar-refractivity contribution in [1.82, 2.24) is 34.2 Å². The molecule has 0 aliphatic heterocycles. The Morgan fingerprint density at radius 3 is 1.97 bits per heavy atom. The van der Waals surface area contributed by atoms with E-state index >= 15 is 0 Å². The van der Waals surface area contributed by atoms with Crippen molar-refractivity contribution < 1.29 is 4.74 Å². The molecule has 0 amide bonds. The molecule has 0 spiro atoms. The minimum atomic E-state index is -0.264. The number of nitrogens with one attached hydrogen (secondary N) is 1. The van der Waals surface area contributed by atoms with Crippen molar-refractivity contribution in [3.05, 3.63) is 45.9 Å². The lowest BCUT2D eigenvalue weighted by atomic mass is 10.1. The lowest BCUT2D eigenvalue weighted by molar-refractivity contribution is 0.180. The number of rotatable bonds is 18. The maximum atomic E-state index is 12.8. The Kier molecular flexibility index (Phi) is 12.2. The smallest absolute Gasteiger partial charge is 0.328 e. The molecule has 3 N–H and O–H groups in total. The van der Waals surface area contributed by atoms with Crippen LogP contribution < -0.4 is 16.2 Å². The molecule has 2 aromatic heterocycles. The fraction of sp³-hybridized carbons (Fsp3) is 0.621. The Morgan fingerprint density at radius 2 is 1.41 bits per heavy atom. The molecule has 3 aromatic rings. The molecule has 0 aliphatic carbocycles. The van der Waals surface area contributed by atoms with E-state index in [0.717, 1.165) is 77.3 Å². The van der Waals surface area contributed by atoms with E-state index in [9.17, 15) is 4.79 Å². The van der Waals surface area contributed by atoms with Gasteiger partial charge in [0.2, 0.25) is 0 Å². The number of imidazole rings is 1. The first kappa shape index (κ1) is 30.6. The van der Waals surface area contributed by atoms with Crippen LogP contribution in [0.1, 0.15) is 58.6 Å². The number of nitrogen functional groups attached to an aromatic ring is 1. The van der Waals surface area contributed by atoms with Gasteiger partial charge in [-0.25, -0.2) is 4.79 Å². The third kappa shape index (κ3) is 8.78. The Balaban J connectivity index is 1.72. The van der Waals surface area contributed by atoms with Crippen LogP contribution in [-0.2, 0) is 13.1 Å². The molecule has 0 aliphatic rings. The first-order valence-corrected chi connectivity index (χ1v) is 14.6. The van der Waals surface area contributed by atoms with Gasteiger partial charge in [0.05, 0.1) is 13.2 Å². The number of benzene rings is 1. The normalized spacial score (nSPS) is 11.9. The van der Waals surface area contributed by atoms with Gasteiger partial charge in [0, 0.05) is 32.7 Å². The van der Waals surface area contributed by atoms with Gasteiger partial charge in [-0.15, -0.1) is 0 Å². The minimum absolute atomic E-state index is 0.200. The van der Waals surface area contributed by atoms with Crippen molar-refractivity contribution in [2.75, 3.05) is 64.7 Å². The molecule has 0 unspecified atom stereocenters. The van der Waals surface area contributed by atoms with Crippen molar-refractivity contribution in [1.29, 1.82) is 0 Å². The number of fused-ring (bicyclic) bond motifs is 1. The van der Waals surface area contributed by atoms with Gasteiger partial charge in [0.25, 0.3) is 0 Å². The summed E-state index contributed by atoms with van der Waals surface area (Å²) in [5.41, 5.74) is 9.02. The standard InChI is InChI=1S/C29H48N8O2/c1-6-11-20-39-28-32-26(30)25-27(33-28)37(29(38)31-25)22-24-14-12-23(13-15-24)21-36(18-16-34(7-2)8-3)19-17-35(9-4)10-5/h12-15H,6-11,16-22H2,1-5H3,(H,31,38)(H2,30,32,33). The molecule has 216 valence electrons. The topological polar surface area (TPSA) is 109 Å². The molecular weight excluding hydrogens is 492 g/mol. The number of aromatic amines is 1. The summed E-state index contributed by atoms with van der Waals surface area (Å²) in [5.74, 6) is 0.215. The zero-order chi connectivity index (χ0) is 28.2. The summed E-state index contributed by atoms with van der Waals surface area (Å²) in [6, 6.07) is 8.72. The van der Waals surface area contributed by atoms with E-state index in [0.29, 0.717) is 24.3 Å². The van der Waals surface area contributed by atoms with E-state index in [2.05, 4.69) is 88.5 Å². The fourth-order valence-electron chi connectivity index (χ4n) is 4.66. The van der Waals surface area contributed by atoms with Crippen molar-refractivity contribution >= 4 is 17.0 Å². The summed E-state index contributed by atoms with van der Waals surface area (Å²) in [5, 5.41) is 0. The van der Waals surface area contributed by atoms with Gasteiger partial charge in [-0.1, -0.05) is 65.3 Å². The Hall–Kier alpha value is -2.95. The summed E-state index contributed by atoms with van der Waals surface area (Å²) in [6.45, 7) is 21.3. The zero-order valence-corrected chi connectivity index (χ0v) is 24.6. The molecule has 0 atom stereocenters. The second-order valence-electron chi connectivity index (χ2n) is 9.95. The number of unbranched alkanes of at least 4 members (excludes halogenated alkanes) is 1. The quantitative estimate of drug-likeness (QED) is 0.236. The van der Waals surface area contributed by atoms with E-state index in [1.54, 1.807) is 4.57 Å². The van der Waals surface area contributed by atoms with Gasteiger partial charge in [0.1, 0.15) is 5.52 Å². The van der Waals surface area contributed by atoms with E-state index < -0.39 is 0 Å². The van der Waals surface area contributed by atoms with Crippen molar-refractivity contribution in [3.8, 4) is 6.01 Å². The van der Waals surface area contributed by atoms with Crippen LogP contribution in [-0.4, -0.2) is 93.2 Å². The molecule has 0 radical (unpaired) electrons. The predicted octanol–water partition coefficient (Wildman–Crippen LogP) is 3.41. The van der Waals surface area contributed by atoms with Gasteiger partial charge >= 0.3 is 11.7 Å². The molecule has 0 saturated carbocycles. The van der Waals surface area contributed by atoms with Gasteiger partial charge in [-0.05, 0) is 43.7 Å². The van der Waals surface area contributed by atoms with Crippen molar-refractivity contribution in [2.45, 2.75) is 60.5 Å². The van der Waals surface area contributed by atoms with Crippen LogP contribution in [0, 0.1) is 0 Å². The van der Waals surface area contributed by atoms with Gasteiger partial charge in [-0.3, -0.25) is 9.47 Å². The molecular formula is C29H48N8O2. The number of nitrogens with two attached hydrogens (primary N) is 1. The summed E-state index contributed by atoms with van der Waals surface area (Å²) >= 11 is 0. The molecule has 0 saturated heterocycles. The second-order valence-corrected chi connectivity index (χ2v) is 9.95. The summed E-state index contributed by atoms with van der Waals surface area (Å²) < 4.78 is 7.25. The second kappa shape index (κ2) is 15.6. The molecule has 1 aromatic carbocycles. The first-order chi connectivity index (χ1) is 18.9. The first-order valence-electron chi connectivity index (χ1n) is 14.6. The highest BCUT2D eigenvalue weighted by Crippen LogP contribution is 2.19. The number of hydrogen-bond donors (Lipinski definition) is 2. The minimum Gasteiger partial charge on any atom is -0.463 e. The van der Waals surface area contributed by atoms with Crippen LogP contribution in [0.3, 0.4) is 0 Å². The lowest BCUT2D eigenvalue weighted by Crippen LogP contribution is -2.39. The third-order valence-corrected chi connectivity index (χ3v) is 7.38. The van der Waals surface area contributed by atoms with Crippen molar-refractivity contribution in [3.63, 3.8) is 0 Å².